The summed E-state index contributed by atoms with van der Waals surface area (Å²) >= 11 is 0. The van der Waals surface area contributed by atoms with Gasteiger partial charge in [-0.1, -0.05) is 41.9 Å². The zero-order chi connectivity index (χ0) is 20.9. The van der Waals surface area contributed by atoms with Crippen molar-refractivity contribution in [1.29, 1.82) is 0 Å². The lowest BCUT2D eigenvalue weighted by atomic mass is 9.82. The molecule has 7 nitrogen and oxygen atoms in total. The predicted octanol–water partition coefficient (Wildman–Crippen LogP) is 1.29. The van der Waals surface area contributed by atoms with Crippen LogP contribution < -0.4 is 16.5 Å². The predicted molar refractivity (Wildman–Crippen MR) is 112 cm³/mol. The highest BCUT2D eigenvalue weighted by Gasteiger charge is 2.36. The zero-order valence-corrected chi connectivity index (χ0v) is 16.1. The minimum atomic E-state index is -4.74. The number of nitrogens with two attached hydrogens (primary N) is 1. The van der Waals surface area contributed by atoms with Crippen LogP contribution >= 0.6 is 0 Å². The molecular weight excluding hydrogens is 391 g/mol. The van der Waals surface area contributed by atoms with E-state index in [1.807, 2.05) is 13.9 Å². The van der Waals surface area contributed by atoms with Crippen molar-refractivity contribution in [2.45, 2.75) is 4.90 Å². The van der Waals surface area contributed by atoms with Crippen LogP contribution in [0, 0.1) is 0 Å². The highest BCUT2D eigenvalue weighted by Crippen LogP contribution is 2.39. The minimum absolute atomic E-state index is 0.0277. The highest BCUT2D eigenvalue weighted by molar-refractivity contribution is 7.86. The van der Waals surface area contributed by atoms with E-state index in [9.17, 15) is 22.6 Å². The van der Waals surface area contributed by atoms with Crippen LogP contribution in [0.25, 0.3) is 0 Å². The summed E-state index contributed by atoms with van der Waals surface area (Å²) in [5.41, 5.74) is 7.15. The smallest absolute Gasteiger partial charge is 0.296 e. The van der Waals surface area contributed by atoms with E-state index in [1.54, 1.807) is 30.3 Å². The third-order valence-electron chi connectivity index (χ3n) is 4.77. The van der Waals surface area contributed by atoms with Gasteiger partial charge < -0.3 is 11.1 Å². The van der Waals surface area contributed by atoms with Crippen molar-refractivity contribution in [3.8, 4) is 0 Å². The Balaban J connectivity index is 2.03. The summed E-state index contributed by atoms with van der Waals surface area (Å²) in [7, 11) is -2.86. The molecule has 0 bridgehead atoms. The van der Waals surface area contributed by atoms with Gasteiger partial charge in [-0.05, 0) is 18.2 Å². The van der Waals surface area contributed by atoms with Gasteiger partial charge >= 0.3 is 0 Å². The summed E-state index contributed by atoms with van der Waals surface area (Å²) in [6.07, 6.45) is 0. The molecule has 3 aromatic carbocycles. The number of benzene rings is 3. The summed E-state index contributed by atoms with van der Waals surface area (Å²) in [4.78, 5) is 25.6. The molecule has 1 aliphatic carbocycles. The third kappa shape index (κ3) is 3.10. The van der Waals surface area contributed by atoms with Crippen molar-refractivity contribution in [3.63, 3.8) is 0 Å². The fourth-order valence-corrected chi connectivity index (χ4v) is 4.13. The Kier molecular flexibility index (Phi) is 4.29. The third-order valence-corrected chi connectivity index (χ3v) is 5.67. The topological polar surface area (TPSA) is 127 Å². The molecule has 4 N–H and O–H groups in total. The molecule has 0 atom stereocenters. The Bertz CT molecular complexity index is 1320. The lowest BCUT2D eigenvalue weighted by Crippen LogP contribution is -2.25. The number of nitrogens with one attached hydrogen (secondary N) is 1. The standard InChI is InChI=1S/C20H15BN2O5S/c21-10-4-3-5-11(8-10)23-14-9-15(29(26,27)28)18(22)17-16(14)19(24)12-6-1-2-7-13(12)20(17)25/h1-9,23H,21-22H2,(H,26,27,28). The van der Waals surface area contributed by atoms with E-state index in [4.69, 9.17) is 5.73 Å². The van der Waals surface area contributed by atoms with Crippen molar-refractivity contribution >= 4 is 52.1 Å². The molecular formula is C20H15BN2O5S. The van der Waals surface area contributed by atoms with E-state index in [-0.39, 0.29) is 27.9 Å². The second-order valence-electron chi connectivity index (χ2n) is 6.76. The summed E-state index contributed by atoms with van der Waals surface area (Å²) < 4.78 is 33.4. The number of ketones is 2. The van der Waals surface area contributed by atoms with Gasteiger partial charge in [0.25, 0.3) is 10.1 Å². The van der Waals surface area contributed by atoms with Crippen LogP contribution in [0.5, 0.6) is 0 Å². The first-order valence-electron chi connectivity index (χ1n) is 8.64. The summed E-state index contributed by atoms with van der Waals surface area (Å²) in [5, 5.41) is 2.99. The van der Waals surface area contributed by atoms with E-state index in [1.165, 1.54) is 12.1 Å². The fraction of sp³-hybridized carbons (Fsp3) is 0. The lowest BCUT2D eigenvalue weighted by Gasteiger charge is -2.23. The Morgan fingerprint density at radius 2 is 1.52 bits per heavy atom. The molecule has 29 heavy (non-hydrogen) atoms. The van der Waals surface area contributed by atoms with Crippen LogP contribution in [0.15, 0.2) is 59.5 Å². The fourth-order valence-electron chi connectivity index (χ4n) is 3.48. The van der Waals surface area contributed by atoms with Gasteiger partial charge in [0.05, 0.1) is 22.5 Å². The van der Waals surface area contributed by atoms with Gasteiger partial charge in [0, 0.05) is 16.8 Å². The van der Waals surface area contributed by atoms with Gasteiger partial charge in [-0.3, -0.25) is 14.1 Å². The average Bonchev–Trinajstić information content (AvgIpc) is 2.66. The van der Waals surface area contributed by atoms with Crippen molar-refractivity contribution in [3.05, 3.63) is 76.9 Å². The monoisotopic (exact) mass is 406 g/mol. The first-order valence-corrected chi connectivity index (χ1v) is 10.1. The first kappa shape index (κ1) is 18.9. The SMILES string of the molecule is Bc1cccc(Nc2cc(S(=O)(=O)O)c(N)c3c2C(=O)c2ccccc2C3=O)c1. The van der Waals surface area contributed by atoms with Gasteiger partial charge in [-0.2, -0.15) is 8.42 Å². The van der Waals surface area contributed by atoms with Crippen molar-refractivity contribution in [1.82, 2.24) is 0 Å². The number of rotatable bonds is 3. The van der Waals surface area contributed by atoms with E-state index >= 15 is 0 Å². The number of anilines is 3. The van der Waals surface area contributed by atoms with E-state index < -0.39 is 32.3 Å². The Morgan fingerprint density at radius 3 is 2.10 bits per heavy atom. The molecule has 0 amide bonds. The number of nitrogen functional groups attached to an aromatic ring is 1. The Labute approximate surface area is 167 Å². The van der Waals surface area contributed by atoms with E-state index in [0.29, 0.717) is 5.69 Å². The molecule has 1 aliphatic rings. The summed E-state index contributed by atoms with van der Waals surface area (Å²) in [6.45, 7) is 0. The largest absolute Gasteiger partial charge is 0.397 e. The molecule has 0 fully saturated rings. The van der Waals surface area contributed by atoms with Gasteiger partial charge in [0.1, 0.15) is 12.7 Å². The molecule has 0 unspecified atom stereocenters. The molecule has 0 aliphatic heterocycles. The van der Waals surface area contributed by atoms with E-state index in [2.05, 4.69) is 5.32 Å². The molecule has 144 valence electrons. The maximum Gasteiger partial charge on any atom is 0.296 e. The van der Waals surface area contributed by atoms with Crippen molar-refractivity contribution in [2.24, 2.45) is 0 Å². The number of fused-ring (bicyclic) bond motifs is 2. The maximum absolute atomic E-state index is 13.2. The average molecular weight is 406 g/mol. The lowest BCUT2D eigenvalue weighted by molar-refractivity contribution is 0.0980. The molecule has 4 rings (SSSR count). The first-order chi connectivity index (χ1) is 13.7. The van der Waals surface area contributed by atoms with Crippen LogP contribution in [-0.2, 0) is 10.1 Å². The van der Waals surface area contributed by atoms with Crippen LogP contribution in [0.2, 0.25) is 0 Å². The maximum atomic E-state index is 13.2. The van der Waals surface area contributed by atoms with Crippen LogP contribution in [0.1, 0.15) is 31.8 Å². The molecule has 0 aromatic heterocycles. The molecule has 3 aromatic rings. The molecule has 0 heterocycles. The number of carbonyl (C=O) groups excluding carboxylic acids is 2. The summed E-state index contributed by atoms with van der Waals surface area (Å²) in [5.74, 6) is -1.04. The van der Waals surface area contributed by atoms with Crippen molar-refractivity contribution < 1.29 is 22.6 Å². The normalized spacial score (nSPS) is 13.0. The molecule has 0 saturated heterocycles. The molecule has 0 spiro atoms. The zero-order valence-electron chi connectivity index (χ0n) is 15.3. The molecule has 9 heteroatoms. The molecule has 0 radical (unpaired) electrons. The summed E-state index contributed by atoms with van der Waals surface area (Å²) in [6, 6.07) is 14.5. The highest BCUT2D eigenvalue weighted by atomic mass is 32.2. The van der Waals surface area contributed by atoms with E-state index in [0.717, 1.165) is 11.5 Å². The minimum Gasteiger partial charge on any atom is -0.397 e. The van der Waals surface area contributed by atoms with Crippen molar-refractivity contribution in [2.75, 3.05) is 11.1 Å². The Hall–Kier alpha value is -3.43. The number of hydrogen-bond acceptors (Lipinski definition) is 6. The van der Waals surface area contributed by atoms with Gasteiger partial charge in [0.15, 0.2) is 11.6 Å². The van der Waals surface area contributed by atoms with Crippen LogP contribution in [0.4, 0.5) is 17.1 Å². The van der Waals surface area contributed by atoms with Gasteiger partial charge in [0.2, 0.25) is 0 Å². The number of hydrogen-bond donors (Lipinski definition) is 3. The van der Waals surface area contributed by atoms with Crippen LogP contribution in [0.3, 0.4) is 0 Å². The quantitative estimate of drug-likeness (QED) is 0.266. The Morgan fingerprint density at radius 1 is 0.897 bits per heavy atom. The van der Waals surface area contributed by atoms with Crippen LogP contribution in [-0.4, -0.2) is 32.4 Å². The van der Waals surface area contributed by atoms with Gasteiger partial charge in [-0.15, -0.1) is 0 Å². The number of carbonyl (C=O) groups is 2. The molecule has 0 saturated carbocycles. The van der Waals surface area contributed by atoms with Gasteiger partial charge in [-0.25, -0.2) is 0 Å². The second-order valence-corrected chi connectivity index (χ2v) is 8.15. The second kappa shape index (κ2) is 6.58.